The molecule has 4 aromatic rings. The second kappa shape index (κ2) is 4.24. The lowest BCUT2D eigenvalue weighted by Gasteiger charge is -2.04. The summed E-state index contributed by atoms with van der Waals surface area (Å²) in [6.45, 7) is 0. The van der Waals surface area contributed by atoms with Gasteiger partial charge in [-0.25, -0.2) is 4.98 Å². The summed E-state index contributed by atoms with van der Waals surface area (Å²) in [5.74, 6) is 0.803. The number of benzene rings is 1. The van der Waals surface area contributed by atoms with Gasteiger partial charge in [0.1, 0.15) is 0 Å². The maximum absolute atomic E-state index is 4.33. The van der Waals surface area contributed by atoms with Crippen LogP contribution in [0.25, 0.3) is 27.4 Å². The molecular weight excluding hydrogens is 371 g/mol. The number of pyridine rings is 1. The first kappa shape index (κ1) is 11.3. The molecule has 3 heterocycles. The highest BCUT2D eigenvalue weighted by molar-refractivity contribution is 14.1. The average molecular weight is 378 g/mol. The number of fused-ring (bicyclic) bond motifs is 3. The molecule has 4 rings (SSSR count). The first-order valence-corrected chi connectivity index (χ1v) is 7.62. The molecule has 19 heavy (non-hydrogen) atoms. The van der Waals surface area contributed by atoms with Gasteiger partial charge in [-0.1, -0.05) is 6.07 Å². The van der Waals surface area contributed by atoms with Crippen LogP contribution in [-0.4, -0.2) is 19.6 Å². The van der Waals surface area contributed by atoms with Crippen molar-refractivity contribution < 1.29 is 0 Å². The van der Waals surface area contributed by atoms with Crippen LogP contribution in [-0.2, 0) is 0 Å². The molecule has 0 aliphatic heterocycles. The zero-order valence-corrected chi connectivity index (χ0v) is 12.6. The quantitative estimate of drug-likeness (QED) is 0.476. The Kier molecular flexibility index (Phi) is 2.52. The van der Waals surface area contributed by atoms with Gasteiger partial charge in [0.05, 0.1) is 5.52 Å². The minimum atomic E-state index is 0.803. The number of halogens is 1. The van der Waals surface area contributed by atoms with Crippen LogP contribution in [0.2, 0.25) is 0 Å². The van der Waals surface area contributed by atoms with Gasteiger partial charge in [0.2, 0.25) is 0 Å². The van der Waals surface area contributed by atoms with Crippen molar-refractivity contribution in [3.8, 4) is 10.8 Å². The van der Waals surface area contributed by atoms with Gasteiger partial charge in [0.25, 0.3) is 0 Å². The minimum Gasteiger partial charge on any atom is -0.273 e. The van der Waals surface area contributed by atoms with Crippen molar-refractivity contribution in [1.29, 1.82) is 0 Å². The Morgan fingerprint density at radius 2 is 2.00 bits per heavy atom. The highest BCUT2D eigenvalue weighted by atomic mass is 127. The van der Waals surface area contributed by atoms with E-state index >= 15 is 0 Å². The van der Waals surface area contributed by atoms with Gasteiger partial charge in [-0.2, -0.15) is 0 Å². The molecule has 0 fully saturated rings. The van der Waals surface area contributed by atoms with Crippen molar-refractivity contribution in [3.05, 3.63) is 45.5 Å². The SMILES string of the molecule is Ic1ccc2ccc3nnc(-c4nccs4)n3c2c1. The number of rotatable bonds is 1. The van der Waals surface area contributed by atoms with E-state index in [1.807, 2.05) is 11.4 Å². The van der Waals surface area contributed by atoms with Crippen molar-refractivity contribution >= 4 is 50.5 Å². The molecule has 0 spiro atoms. The van der Waals surface area contributed by atoms with Gasteiger partial charge in [0, 0.05) is 15.1 Å². The van der Waals surface area contributed by atoms with Crippen LogP contribution in [0.3, 0.4) is 0 Å². The zero-order valence-electron chi connectivity index (χ0n) is 9.62. The molecule has 0 unspecified atom stereocenters. The maximum atomic E-state index is 4.33. The maximum Gasteiger partial charge on any atom is 0.197 e. The fourth-order valence-electron chi connectivity index (χ4n) is 2.13. The molecule has 0 saturated carbocycles. The van der Waals surface area contributed by atoms with E-state index in [9.17, 15) is 0 Å². The lowest BCUT2D eigenvalue weighted by molar-refractivity contribution is 1.11. The highest BCUT2D eigenvalue weighted by Crippen LogP contribution is 2.26. The van der Waals surface area contributed by atoms with Gasteiger partial charge < -0.3 is 0 Å². The molecule has 92 valence electrons. The minimum absolute atomic E-state index is 0.803. The first-order chi connectivity index (χ1) is 9.33. The van der Waals surface area contributed by atoms with Gasteiger partial charge in [-0.3, -0.25) is 4.40 Å². The lowest BCUT2D eigenvalue weighted by Crippen LogP contribution is -1.92. The van der Waals surface area contributed by atoms with Crippen LogP contribution in [0.1, 0.15) is 0 Å². The van der Waals surface area contributed by atoms with E-state index in [1.165, 1.54) is 8.96 Å². The van der Waals surface area contributed by atoms with E-state index in [0.29, 0.717) is 0 Å². The average Bonchev–Trinajstić information content (AvgIpc) is 3.07. The summed E-state index contributed by atoms with van der Waals surface area (Å²) in [6.07, 6.45) is 1.79. The van der Waals surface area contributed by atoms with E-state index in [2.05, 4.69) is 66.4 Å². The number of aromatic nitrogens is 4. The Hall–Kier alpha value is -1.54. The predicted octanol–water partition coefficient (Wildman–Crippen LogP) is 3.61. The lowest BCUT2D eigenvalue weighted by atomic mass is 10.2. The van der Waals surface area contributed by atoms with Crippen molar-refractivity contribution in [2.45, 2.75) is 0 Å². The molecule has 1 aromatic carbocycles. The first-order valence-electron chi connectivity index (χ1n) is 5.66. The largest absolute Gasteiger partial charge is 0.273 e. The van der Waals surface area contributed by atoms with Crippen LogP contribution in [0, 0.1) is 3.57 Å². The molecule has 0 atom stereocenters. The summed E-state index contributed by atoms with van der Waals surface area (Å²) < 4.78 is 3.26. The summed E-state index contributed by atoms with van der Waals surface area (Å²) in [4.78, 5) is 4.33. The predicted molar refractivity (Wildman–Crippen MR) is 84.3 cm³/mol. The highest BCUT2D eigenvalue weighted by Gasteiger charge is 2.12. The topological polar surface area (TPSA) is 43.1 Å². The van der Waals surface area contributed by atoms with Crippen LogP contribution in [0.5, 0.6) is 0 Å². The number of thiazole rings is 1. The Morgan fingerprint density at radius 3 is 2.84 bits per heavy atom. The molecular formula is C13H7IN4S. The Labute approximate surface area is 126 Å². The van der Waals surface area contributed by atoms with Gasteiger partial charge in [-0.15, -0.1) is 21.5 Å². The molecule has 0 amide bonds. The van der Waals surface area contributed by atoms with Gasteiger partial charge >= 0.3 is 0 Å². The van der Waals surface area contributed by atoms with Crippen LogP contribution < -0.4 is 0 Å². The third-order valence-electron chi connectivity index (χ3n) is 2.96. The third kappa shape index (κ3) is 1.74. The Morgan fingerprint density at radius 1 is 1.11 bits per heavy atom. The molecule has 0 N–H and O–H groups in total. The van der Waals surface area contributed by atoms with Gasteiger partial charge in [0.15, 0.2) is 16.5 Å². The number of hydrogen-bond acceptors (Lipinski definition) is 4. The normalized spacial score (nSPS) is 11.4. The van der Waals surface area contributed by atoms with Crippen molar-refractivity contribution in [2.24, 2.45) is 0 Å². The van der Waals surface area contributed by atoms with Crippen molar-refractivity contribution in [1.82, 2.24) is 19.6 Å². The summed E-state index contributed by atoms with van der Waals surface area (Å²) in [7, 11) is 0. The van der Waals surface area contributed by atoms with E-state index in [4.69, 9.17) is 0 Å². The Balaban J connectivity index is 2.19. The van der Waals surface area contributed by atoms with Crippen molar-refractivity contribution in [2.75, 3.05) is 0 Å². The smallest absolute Gasteiger partial charge is 0.197 e. The summed E-state index contributed by atoms with van der Waals surface area (Å²) >= 11 is 3.89. The molecule has 0 radical (unpaired) electrons. The van der Waals surface area contributed by atoms with Crippen molar-refractivity contribution in [3.63, 3.8) is 0 Å². The molecule has 0 aliphatic rings. The van der Waals surface area contributed by atoms with Crippen LogP contribution in [0.4, 0.5) is 0 Å². The fraction of sp³-hybridized carbons (Fsp3) is 0. The third-order valence-corrected chi connectivity index (χ3v) is 4.40. The number of nitrogens with zero attached hydrogens (tertiary/aromatic N) is 4. The standard InChI is InChI=1S/C13H7IN4S/c14-9-3-1-8-2-4-11-16-17-12(13-15-5-6-19-13)18(11)10(8)7-9/h1-7H. The summed E-state index contributed by atoms with van der Waals surface area (Å²) in [5, 5.41) is 12.5. The van der Waals surface area contributed by atoms with E-state index in [-0.39, 0.29) is 0 Å². The molecule has 6 heteroatoms. The van der Waals surface area contributed by atoms with Crippen LogP contribution >= 0.6 is 33.9 Å². The second-order valence-corrected chi connectivity index (χ2v) is 6.23. The van der Waals surface area contributed by atoms with E-state index < -0.39 is 0 Å². The molecule has 0 bridgehead atoms. The van der Waals surface area contributed by atoms with E-state index in [1.54, 1.807) is 17.5 Å². The molecule has 4 nitrogen and oxygen atoms in total. The summed E-state index contributed by atoms with van der Waals surface area (Å²) in [5.41, 5.74) is 1.96. The molecule has 0 aliphatic carbocycles. The Bertz CT molecular complexity index is 882. The molecule has 0 saturated heterocycles. The summed E-state index contributed by atoms with van der Waals surface area (Å²) in [6, 6.07) is 10.4. The second-order valence-electron chi connectivity index (χ2n) is 4.09. The van der Waals surface area contributed by atoms with Crippen LogP contribution in [0.15, 0.2) is 41.9 Å². The molecule has 3 aromatic heterocycles. The monoisotopic (exact) mass is 378 g/mol. The fourth-order valence-corrected chi connectivity index (χ4v) is 3.21. The van der Waals surface area contributed by atoms with Gasteiger partial charge in [-0.05, 0) is 52.2 Å². The zero-order chi connectivity index (χ0) is 12.8. The van der Waals surface area contributed by atoms with E-state index in [0.717, 1.165) is 22.0 Å². The number of hydrogen-bond donors (Lipinski definition) is 0.